The van der Waals surface area contributed by atoms with Crippen LogP contribution >= 0.6 is 0 Å². The summed E-state index contributed by atoms with van der Waals surface area (Å²) in [6.07, 6.45) is 4.10. The largest absolute Gasteiger partial charge is 0.395 e. The van der Waals surface area contributed by atoms with Crippen LogP contribution < -0.4 is 5.32 Å². The van der Waals surface area contributed by atoms with Crippen molar-refractivity contribution in [2.75, 3.05) is 26.2 Å². The minimum Gasteiger partial charge on any atom is -0.395 e. The van der Waals surface area contributed by atoms with E-state index in [9.17, 15) is 14.3 Å². The molecule has 1 aliphatic heterocycles. The van der Waals surface area contributed by atoms with Crippen molar-refractivity contribution in [3.63, 3.8) is 0 Å². The van der Waals surface area contributed by atoms with Gasteiger partial charge >= 0.3 is 0 Å². The van der Waals surface area contributed by atoms with Crippen molar-refractivity contribution in [2.24, 2.45) is 0 Å². The molecule has 122 valence electrons. The number of aryl methyl sites for hydroxylation is 1. The van der Waals surface area contributed by atoms with Crippen molar-refractivity contribution < 1.29 is 14.3 Å². The molecule has 0 spiro atoms. The second kappa shape index (κ2) is 8.25. The van der Waals surface area contributed by atoms with Gasteiger partial charge in [0.2, 0.25) is 0 Å². The van der Waals surface area contributed by atoms with Crippen molar-refractivity contribution in [3.05, 3.63) is 35.1 Å². The van der Waals surface area contributed by atoms with Crippen LogP contribution in [0.4, 0.5) is 4.39 Å². The minimum absolute atomic E-state index is 0.228. The Kier molecular flexibility index (Phi) is 6.34. The highest BCUT2D eigenvalue weighted by Gasteiger charge is 2.22. The predicted molar refractivity (Wildman–Crippen MR) is 84.4 cm³/mol. The van der Waals surface area contributed by atoms with E-state index in [0.717, 1.165) is 38.8 Å². The van der Waals surface area contributed by atoms with Crippen LogP contribution in [-0.4, -0.2) is 48.2 Å². The van der Waals surface area contributed by atoms with E-state index in [1.165, 1.54) is 6.07 Å². The Morgan fingerprint density at radius 3 is 3.00 bits per heavy atom. The molecule has 0 aromatic heterocycles. The molecule has 2 rings (SSSR count). The molecule has 0 aliphatic carbocycles. The van der Waals surface area contributed by atoms with Crippen LogP contribution in [0.5, 0.6) is 0 Å². The van der Waals surface area contributed by atoms with Crippen LogP contribution in [-0.2, 0) is 0 Å². The molecule has 1 fully saturated rings. The molecule has 1 unspecified atom stereocenters. The zero-order valence-corrected chi connectivity index (χ0v) is 13.1. The first-order chi connectivity index (χ1) is 10.6. The number of hydrogen-bond acceptors (Lipinski definition) is 3. The number of nitrogens with one attached hydrogen (secondary N) is 1. The molecule has 22 heavy (non-hydrogen) atoms. The molecule has 1 aromatic carbocycles. The molecule has 4 nitrogen and oxygen atoms in total. The summed E-state index contributed by atoms with van der Waals surface area (Å²) in [5.74, 6) is -0.579. The third-order valence-electron chi connectivity index (χ3n) is 4.30. The summed E-state index contributed by atoms with van der Waals surface area (Å²) in [6, 6.07) is 4.85. The number of benzene rings is 1. The second-order valence-electron chi connectivity index (χ2n) is 5.94. The second-order valence-corrected chi connectivity index (χ2v) is 5.94. The first kappa shape index (κ1) is 16.9. The molecule has 1 amide bonds. The molecule has 5 heteroatoms. The lowest BCUT2D eigenvalue weighted by atomic mass is 10.1. The Hall–Kier alpha value is -1.46. The van der Waals surface area contributed by atoms with E-state index >= 15 is 0 Å². The molecule has 1 saturated heterocycles. The maximum absolute atomic E-state index is 13.4. The number of likely N-dealkylation sites (tertiary alicyclic amines) is 1. The van der Waals surface area contributed by atoms with Crippen LogP contribution in [0.25, 0.3) is 0 Å². The standard InChI is InChI=1S/C17H25FN2O2/c1-13-6-7-14(11-16(13)18)17(22)19-8-2-3-9-20-10-4-5-15(20)12-21/h6-7,11,15,21H,2-5,8-10,12H2,1H3,(H,19,22). The van der Waals surface area contributed by atoms with E-state index < -0.39 is 0 Å². The predicted octanol–water partition coefficient (Wildman–Crippen LogP) is 2.10. The van der Waals surface area contributed by atoms with E-state index in [1.807, 2.05) is 0 Å². The van der Waals surface area contributed by atoms with E-state index in [1.54, 1.807) is 19.1 Å². The van der Waals surface area contributed by atoms with Gasteiger partial charge in [-0.3, -0.25) is 9.69 Å². The lowest BCUT2D eigenvalue weighted by molar-refractivity contribution is 0.0951. The first-order valence-corrected chi connectivity index (χ1v) is 8.01. The Morgan fingerprint density at radius 2 is 2.27 bits per heavy atom. The Morgan fingerprint density at radius 1 is 1.45 bits per heavy atom. The van der Waals surface area contributed by atoms with Gasteiger partial charge < -0.3 is 10.4 Å². The van der Waals surface area contributed by atoms with Crippen LogP contribution in [0.1, 0.15) is 41.6 Å². The molecular weight excluding hydrogens is 283 g/mol. The number of rotatable bonds is 7. The van der Waals surface area contributed by atoms with Gasteiger partial charge in [-0.25, -0.2) is 4.39 Å². The number of amides is 1. The Bertz CT molecular complexity index is 507. The fourth-order valence-electron chi connectivity index (χ4n) is 2.87. The average molecular weight is 308 g/mol. The molecule has 1 aliphatic rings. The van der Waals surface area contributed by atoms with Crippen LogP contribution in [0.15, 0.2) is 18.2 Å². The summed E-state index contributed by atoms with van der Waals surface area (Å²) in [7, 11) is 0. The molecule has 0 saturated carbocycles. The average Bonchev–Trinajstić information content (AvgIpc) is 2.97. The van der Waals surface area contributed by atoms with Crippen LogP contribution in [0, 0.1) is 12.7 Å². The van der Waals surface area contributed by atoms with Crippen molar-refractivity contribution in [3.8, 4) is 0 Å². The highest BCUT2D eigenvalue weighted by Crippen LogP contribution is 2.16. The molecule has 1 atom stereocenters. The van der Waals surface area contributed by atoms with Crippen LogP contribution in [0.2, 0.25) is 0 Å². The maximum atomic E-state index is 13.4. The summed E-state index contributed by atoms with van der Waals surface area (Å²) in [6.45, 7) is 4.51. The number of nitrogens with zero attached hydrogens (tertiary/aromatic N) is 1. The number of aliphatic hydroxyl groups is 1. The maximum Gasteiger partial charge on any atom is 0.251 e. The molecular formula is C17H25FN2O2. The normalized spacial score (nSPS) is 18.6. The fraction of sp³-hybridized carbons (Fsp3) is 0.588. The molecule has 1 aromatic rings. The number of aliphatic hydroxyl groups excluding tert-OH is 1. The summed E-state index contributed by atoms with van der Waals surface area (Å²) >= 11 is 0. The van der Waals surface area contributed by atoms with Gasteiger partial charge in [0.25, 0.3) is 5.91 Å². The Balaban J connectivity index is 1.66. The summed E-state index contributed by atoms with van der Waals surface area (Å²) in [4.78, 5) is 14.2. The Labute approximate surface area is 131 Å². The van der Waals surface area contributed by atoms with Gasteiger partial charge in [0.15, 0.2) is 0 Å². The third-order valence-corrected chi connectivity index (χ3v) is 4.30. The van der Waals surface area contributed by atoms with Gasteiger partial charge in [0, 0.05) is 18.2 Å². The lowest BCUT2D eigenvalue weighted by Crippen LogP contribution is -2.33. The molecule has 1 heterocycles. The van der Waals surface area contributed by atoms with Crippen molar-refractivity contribution in [1.82, 2.24) is 10.2 Å². The van der Waals surface area contributed by atoms with Crippen LogP contribution in [0.3, 0.4) is 0 Å². The van der Waals surface area contributed by atoms with E-state index in [-0.39, 0.29) is 18.3 Å². The molecule has 2 N–H and O–H groups in total. The van der Waals surface area contributed by atoms with Gasteiger partial charge in [0.1, 0.15) is 5.82 Å². The van der Waals surface area contributed by atoms with Crippen molar-refractivity contribution in [2.45, 2.75) is 38.6 Å². The number of carbonyl (C=O) groups is 1. The zero-order valence-electron chi connectivity index (χ0n) is 13.1. The number of carbonyl (C=O) groups excluding carboxylic acids is 1. The summed E-state index contributed by atoms with van der Waals surface area (Å²) in [5.41, 5.74) is 0.906. The molecule has 0 radical (unpaired) electrons. The van der Waals surface area contributed by atoms with Gasteiger partial charge in [-0.1, -0.05) is 6.07 Å². The number of halogens is 1. The zero-order chi connectivity index (χ0) is 15.9. The smallest absolute Gasteiger partial charge is 0.251 e. The number of unbranched alkanes of at least 4 members (excludes halogenated alkanes) is 1. The minimum atomic E-state index is -0.350. The van der Waals surface area contributed by atoms with E-state index in [2.05, 4.69) is 10.2 Å². The van der Waals surface area contributed by atoms with Gasteiger partial charge in [0.05, 0.1) is 6.61 Å². The van der Waals surface area contributed by atoms with Gasteiger partial charge in [-0.15, -0.1) is 0 Å². The topological polar surface area (TPSA) is 52.6 Å². The summed E-state index contributed by atoms with van der Waals surface area (Å²) in [5, 5.41) is 12.1. The number of hydrogen-bond donors (Lipinski definition) is 2. The van der Waals surface area contributed by atoms with Gasteiger partial charge in [-0.2, -0.15) is 0 Å². The third kappa shape index (κ3) is 4.52. The van der Waals surface area contributed by atoms with E-state index in [4.69, 9.17) is 0 Å². The highest BCUT2D eigenvalue weighted by molar-refractivity contribution is 5.94. The van der Waals surface area contributed by atoms with Crippen molar-refractivity contribution >= 4 is 5.91 Å². The monoisotopic (exact) mass is 308 g/mol. The summed E-state index contributed by atoms with van der Waals surface area (Å²) < 4.78 is 13.4. The van der Waals surface area contributed by atoms with Crippen molar-refractivity contribution in [1.29, 1.82) is 0 Å². The highest BCUT2D eigenvalue weighted by atomic mass is 19.1. The first-order valence-electron chi connectivity index (χ1n) is 8.01. The quantitative estimate of drug-likeness (QED) is 0.759. The lowest BCUT2D eigenvalue weighted by Gasteiger charge is -2.22. The SMILES string of the molecule is Cc1ccc(C(=O)NCCCCN2CCCC2CO)cc1F. The fourth-order valence-corrected chi connectivity index (χ4v) is 2.87. The van der Waals surface area contributed by atoms with E-state index in [0.29, 0.717) is 23.7 Å². The molecule has 0 bridgehead atoms. The van der Waals surface area contributed by atoms with Gasteiger partial charge in [-0.05, 0) is 63.4 Å².